The Morgan fingerprint density at radius 1 is 1.42 bits per heavy atom. The van der Waals surface area contributed by atoms with Crippen LogP contribution in [0.5, 0.6) is 0 Å². The molecule has 2 N–H and O–H groups in total. The molecule has 1 amide bonds. The van der Waals surface area contributed by atoms with Crippen molar-refractivity contribution < 1.29 is 4.79 Å². The summed E-state index contributed by atoms with van der Waals surface area (Å²) in [6.45, 7) is 3.71. The number of aromatic nitrogens is 3. The maximum absolute atomic E-state index is 12.3. The summed E-state index contributed by atoms with van der Waals surface area (Å²) in [6, 6.07) is 2.96. The van der Waals surface area contributed by atoms with Crippen LogP contribution in [0, 0.1) is 0 Å². The highest BCUT2D eigenvalue weighted by molar-refractivity contribution is 8.00. The molecular formula is C15H16Cl2N4O2S. The number of rotatable bonds is 6. The van der Waals surface area contributed by atoms with E-state index in [0.29, 0.717) is 22.3 Å². The van der Waals surface area contributed by atoms with Crippen LogP contribution < -0.4 is 10.9 Å². The molecule has 0 saturated heterocycles. The van der Waals surface area contributed by atoms with Gasteiger partial charge < -0.3 is 10.3 Å². The van der Waals surface area contributed by atoms with E-state index in [1.807, 2.05) is 6.92 Å². The van der Waals surface area contributed by atoms with Gasteiger partial charge in [0.1, 0.15) is 0 Å². The summed E-state index contributed by atoms with van der Waals surface area (Å²) >= 11 is 12.9. The van der Waals surface area contributed by atoms with E-state index in [-0.39, 0.29) is 22.3 Å². The van der Waals surface area contributed by atoms with Crippen molar-refractivity contribution >= 4 is 46.7 Å². The number of H-pyrrole nitrogens is 1. The Hall–Kier alpha value is -1.57. The zero-order valence-corrected chi connectivity index (χ0v) is 15.4. The van der Waals surface area contributed by atoms with E-state index in [0.717, 1.165) is 18.2 Å². The topological polar surface area (TPSA) is 87.7 Å². The van der Waals surface area contributed by atoms with Crippen LogP contribution in [0.15, 0.2) is 28.3 Å². The van der Waals surface area contributed by atoms with E-state index in [4.69, 9.17) is 23.2 Å². The molecule has 24 heavy (non-hydrogen) atoms. The van der Waals surface area contributed by atoms with Crippen molar-refractivity contribution in [3.05, 3.63) is 44.4 Å². The molecule has 2 rings (SSSR count). The molecule has 0 unspecified atom stereocenters. The number of aryl methyl sites for hydroxylation is 1. The van der Waals surface area contributed by atoms with Crippen molar-refractivity contribution in [2.45, 2.75) is 37.1 Å². The van der Waals surface area contributed by atoms with Crippen LogP contribution in [0.3, 0.4) is 0 Å². The van der Waals surface area contributed by atoms with Crippen molar-refractivity contribution in [2.24, 2.45) is 0 Å². The highest BCUT2D eigenvalue weighted by atomic mass is 35.5. The van der Waals surface area contributed by atoms with Gasteiger partial charge >= 0.3 is 0 Å². The van der Waals surface area contributed by atoms with Gasteiger partial charge in [-0.2, -0.15) is 0 Å². The molecule has 0 saturated carbocycles. The molecule has 0 aliphatic heterocycles. The number of nitrogens with one attached hydrogen (secondary N) is 2. The lowest BCUT2D eigenvalue weighted by atomic mass is 10.2. The van der Waals surface area contributed by atoms with Crippen molar-refractivity contribution in [1.82, 2.24) is 15.0 Å². The average Bonchev–Trinajstić information content (AvgIpc) is 2.49. The molecule has 2 heterocycles. The van der Waals surface area contributed by atoms with Crippen LogP contribution in [0.25, 0.3) is 0 Å². The molecule has 2 aromatic heterocycles. The number of aromatic amines is 1. The molecular weight excluding hydrogens is 371 g/mol. The maximum Gasteiger partial charge on any atom is 0.251 e. The number of amides is 1. The lowest BCUT2D eigenvalue weighted by Gasteiger charge is -2.12. The number of carbonyl (C=O) groups excluding carboxylic acids is 1. The summed E-state index contributed by atoms with van der Waals surface area (Å²) in [4.78, 5) is 34.9. The number of thioether (sulfide) groups is 1. The Morgan fingerprint density at radius 2 is 2.17 bits per heavy atom. The largest absolute Gasteiger partial charge is 0.308 e. The summed E-state index contributed by atoms with van der Waals surface area (Å²) in [5.74, 6) is -0.0695. The van der Waals surface area contributed by atoms with E-state index < -0.39 is 5.25 Å². The molecule has 128 valence electrons. The SMILES string of the molecule is CCCc1cc(=O)[nH]c(S[C@@H](C)C(=O)Nc2ncc(Cl)cc2Cl)n1. The van der Waals surface area contributed by atoms with E-state index in [9.17, 15) is 9.59 Å². The lowest BCUT2D eigenvalue weighted by Crippen LogP contribution is -2.24. The van der Waals surface area contributed by atoms with Crippen molar-refractivity contribution in [1.29, 1.82) is 0 Å². The Labute approximate surface area is 153 Å². The van der Waals surface area contributed by atoms with Gasteiger partial charge in [0, 0.05) is 18.0 Å². The van der Waals surface area contributed by atoms with E-state index in [1.165, 1.54) is 18.3 Å². The van der Waals surface area contributed by atoms with Gasteiger partial charge in [0.25, 0.3) is 5.56 Å². The molecule has 1 atom stereocenters. The minimum absolute atomic E-state index is 0.231. The van der Waals surface area contributed by atoms with Crippen molar-refractivity contribution in [3.63, 3.8) is 0 Å². The normalized spacial score (nSPS) is 12.0. The Kier molecular flexibility index (Phi) is 6.65. The van der Waals surface area contributed by atoms with E-state index >= 15 is 0 Å². The number of nitrogens with zero attached hydrogens (tertiary/aromatic N) is 2. The second kappa shape index (κ2) is 8.50. The van der Waals surface area contributed by atoms with Gasteiger partial charge in [0.2, 0.25) is 5.91 Å². The Balaban J connectivity index is 2.07. The third-order valence-corrected chi connectivity index (χ3v) is 4.47. The first-order valence-corrected chi connectivity index (χ1v) is 8.91. The summed E-state index contributed by atoms with van der Waals surface area (Å²) in [5.41, 5.74) is 0.477. The Morgan fingerprint density at radius 3 is 2.83 bits per heavy atom. The highest BCUT2D eigenvalue weighted by Crippen LogP contribution is 2.24. The highest BCUT2D eigenvalue weighted by Gasteiger charge is 2.18. The molecule has 0 radical (unpaired) electrons. The van der Waals surface area contributed by atoms with Gasteiger partial charge in [-0.05, 0) is 19.4 Å². The van der Waals surface area contributed by atoms with Crippen LogP contribution in [0.1, 0.15) is 26.0 Å². The third-order valence-electron chi connectivity index (χ3n) is 2.99. The monoisotopic (exact) mass is 386 g/mol. The van der Waals surface area contributed by atoms with Crippen molar-refractivity contribution in [2.75, 3.05) is 5.32 Å². The van der Waals surface area contributed by atoms with Gasteiger partial charge in [-0.1, -0.05) is 48.3 Å². The Bertz CT molecular complexity index is 797. The average molecular weight is 387 g/mol. The fourth-order valence-corrected chi connectivity index (χ4v) is 3.13. The number of carbonyl (C=O) groups is 1. The number of anilines is 1. The molecule has 0 spiro atoms. The third kappa shape index (κ3) is 5.22. The zero-order chi connectivity index (χ0) is 17.7. The van der Waals surface area contributed by atoms with Crippen molar-refractivity contribution in [3.8, 4) is 0 Å². The summed E-state index contributed by atoms with van der Waals surface area (Å²) in [6.07, 6.45) is 2.99. The summed E-state index contributed by atoms with van der Waals surface area (Å²) in [5, 5.41) is 3.17. The smallest absolute Gasteiger partial charge is 0.251 e. The van der Waals surface area contributed by atoms with E-state index in [1.54, 1.807) is 6.92 Å². The lowest BCUT2D eigenvalue weighted by molar-refractivity contribution is -0.115. The second-order valence-electron chi connectivity index (χ2n) is 5.03. The summed E-state index contributed by atoms with van der Waals surface area (Å²) in [7, 11) is 0. The minimum Gasteiger partial charge on any atom is -0.308 e. The first-order chi connectivity index (χ1) is 11.4. The van der Waals surface area contributed by atoms with Crippen LogP contribution in [-0.4, -0.2) is 26.1 Å². The van der Waals surface area contributed by atoms with Crippen LogP contribution in [0.4, 0.5) is 5.82 Å². The van der Waals surface area contributed by atoms with E-state index in [2.05, 4.69) is 20.3 Å². The predicted octanol–water partition coefficient (Wildman–Crippen LogP) is 3.54. The number of halogens is 2. The molecule has 0 aliphatic rings. The van der Waals surface area contributed by atoms with Gasteiger partial charge in [-0.25, -0.2) is 9.97 Å². The minimum atomic E-state index is -0.501. The maximum atomic E-state index is 12.3. The number of pyridine rings is 1. The predicted molar refractivity (Wildman–Crippen MR) is 97.1 cm³/mol. The molecule has 0 aliphatic carbocycles. The molecule has 2 aromatic rings. The van der Waals surface area contributed by atoms with Gasteiger partial charge in [-0.3, -0.25) is 9.59 Å². The van der Waals surface area contributed by atoms with Crippen LogP contribution >= 0.6 is 35.0 Å². The fraction of sp³-hybridized carbons (Fsp3) is 0.333. The zero-order valence-electron chi connectivity index (χ0n) is 13.1. The molecule has 9 heteroatoms. The first-order valence-electron chi connectivity index (χ1n) is 7.28. The van der Waals surface area contributed by atoms with Gasteiger partial charge in [0.15, 0.2) is 11.0 Å². The fourth-order valence-electron chi connectivity index (χ4n) is 1.87. The molecule has 0 bridgehead atoms. The first kappa shape index (κ1) is 18.8. The van der Waals surface area contributed by atoms with Gasteiger partial charge in [-0.15, -0.1) is 0 Å². The molecule has 0 aromatic carbocycles. The van der Waals surface area contributed by atoms with Crippen LogP contribution in [0.2, 0.25) is 10.0 Å². The number of hydrogen-bond acceptors (Lipinski definition) is 5. The molecule has 0 fully saturated rings. The quantitative estimate of drug-likeness (QED) is 0.585. The van der Waals surface area contributed by atoms with Crippen LogP contribution in [-0.2, 0) is 11.2 Å². The summed E-state index contributed by atoms with van der Waals surface area (Å²) < 4.78 is 0. The second-order valence-corrected chi connectivity index (χ2v) is 7.20. The standard InChI is InChI=1S/C15H16Cl2N4O2S/c1-3-4-10-6-12(22)20-15(19-10)24-8(2)14(23)21-13-11(17)5-9(16)7-18-13/h5-8H,3-4H2,1-2H3,(H,18,21,23)(H,19,20,22)/t8-/m0/s1. The number of hydrogen-bond donors (Lipinski definition) is 2. The van der Waals surface area contributed by atoms with Gasteiger partial charge in [0.05, 0.1) is 15.3 Å². The molecule has 6 nitrogen and oxygen atoms in total.